The molecule has 0 aliphatic rings. The first-order valence-corrected chi connectivity index (χ1v) is 6.19. The van der Waals surface area contributed by atoms with Gasteiger partial charge in [-0.15, -0.1) is 0 Å². The number of alkyl halides is 3. The second-order valence-electron chi connectivity index (χ2n) is 4.90. The van der Waals surface area contributed by atoms with Crippen LogP contribution in [0.4, 0.5) is 13.2 Å². The maximum atomic E-state index is 12.5. The van der Waals surface area contributed by atoms with Crippen molar-refractivity contribution in [2.45, 2.75) is 32.7 Å². The number of hydrogen-bond acceptors (Lipinski definition) is 2. The molecule has 0 saturated carbocycles. The van der Waals surface area contributed by atoms with Gasteiger partial charge in [0.15, 0.2) is 6.10 Å². The molecule has 0 heterocycles. The molecular weight excluding hydrogens is 257 g/mol. The fraction of sp³-hybridized carbons (Fsp3) is 0.571. The Morgan fingerprint density at radius 3 is 2.21 bits per heavy atom. The Bertz CT molecular complexity index is 363. The van der Waals surface area contributed by atoms with Crippen LogP contribution in [-0.2, 0) is 11.3 Å². The minimum absolute atomic E-state index is 0.118. The lowest BCUT2D eigenvalue weighted by Gasteiger charge is -2.27. The quantitative estimate of drug-likeness (QED) is 0.863. The summed E-state index contributed by atoms with van der Waals surface area (Å²) >= 11 is 0. The van der Waals surface area contributed by atoms with E-state index in [1.54, 1.807) is 13.8 Å². The lowest BCUT2D eigenvalue weighted by atomic mass is 9.90. The summed E-state index contributed by atoms with van der Waals surface area (Å²) in [5.41, 5.74) is 0.895. The maximum absolute atomic E-state index is 12.5. The molecule has 0 amide bonds. The lowest BCUT2D eigenvalue weighted by Crippen LogP contribution is -2.40. The van der Waals surface area contributed by atoms with Crippen molar-refractivity contribution in [3.8, 4) is 0 Å². The summed E-state index contributed by atoms with van der Waals surface area (Å²) in [6, 6.07) is 9.20. The van der Waals surface area contributed by atoms with Gasteiger partial charge >= 0.3 is 6.18 Å². The average molecular weight is 276 g/mol. The normalized spacial score (nSPS) is 15.5. The van der Waals surface area contributed by atoms with Crippen LogP contribution in [0.1, 0.15) is 19.4 Å². The van der Waals surface area contributed by atoms with E-state index in [1.807, 2.05) is 30.3 Å². The Morgan fingerprint density at radius 2 is 1.74 bits per heavy atom. The maximum Gasteiger partial charge on any atom is 0.414 e. The molecule has 1 aromatic rings. The van der Waals surface area contributed by atoms with Crippen molar-refractivity contribution in [1.82, 2.24) is 0 Å². The zero-order valence-corrected chi connectivity index (χ0v) is 11.0. The van der Waals surface area contributed by atoms with Gasteiger partial charge in [0, 0.05) is 5.92 Å². The highest BCUT2D eigenvalue weighted by atomic mass is 19.4. The summed E-state index contributed by atoms with van der Waals surface area (Å²) in [7, 11) is 0. The zero-order valence-electron chi connectivity index (χ0n) is 11.0. The third-order valence-electron chi connectivity index (χ3n) is 3.02. The van der Waals surface area contributed by atoms with Gasteiger partial charge in [0.1, 0.15) is 0 Å². The van der Waals surface area contributed by atoms with Crippen LogP contribution in [0.3, 0.4) is 0 Å². The molecule has 2 atom stereocenters. The number of ether oxygens (including phenoxy) is 1. The fourth-order valence-corrected chi connectivity index (χ4v) is 1.78. The van der Waals surface area contributed by atoms with Crippen LogP contribution in [0.2, 0.25) is 0 Å². The number of aliphatic hydroxyl groups excluding tert-OH is 1. The van der Waals surface area contributed by atoms with E-state index >= 15 is 0 Å². The Hall–Kier alpha value is -1.07. The van der Waals surface area contributed by atoms with E-state index in [1.165, 1.54) is 0 Å². The van der Waals surface area contributed by atoms with Crippen molar-refractivity contribution < 1.29 is 23.0 Å². The molecule has 0 bridgehead atoms. The van der Waals surface area contributed by atoms with Crippen LogP contribution < -0.4 is 0 Å². The van der Waals surface area contributed by atoms with Gasteiger partial charge in [-0.3, -0.25) is 0 Å². The van der Waals surface area contributed by atoms with Crippen LogP contribution in [0.25, 0.3) is 0 Å². The van der Waals surface area contributed by atoms with Crippen molar-refractivity contribution in [3.63, 3.8) is 0 Å². The number of rotatable bonds is 6. The molecule has 1 aromatic carbocycles. The highest BCUT2D eigenvalue weighted by molar-refractivity contribution is 5.13. The largest absolute Gasteiger partial charge is 0.414 e. The average Bonchev–Trinajstić information content (AvgIpc) is 2.33. The standard InChI is InChI=1S/C14H19F3O2/c1-10(2)12(13(18)14(15,16)17)9-19-8-11-6-4-3-5-7-11/h3-7,10,12-13,18H,8-9H2,1-2H3/t12-,13+/m0/s1. The summed E-state index contributed by atoms with van der Waals surface area (Å²) in [6.07, 6.45) is -6.95. The van der Waals surface area contributed by atoms with Gasteiger partial charge in [-0.25, -0.2) is 0 Å². The molecule has 0 spiro atoms. The first kappa shape index (κ1) is 16.0. The number of benzene rings is 1. The van der Waals surface area contributed by atoms with Gasteiger partial charge in [0.05, 0.1) is 13.2 Å². The van der Waals surface area contributed by atoms with Gasteiger partial charge < -0.3 is 9.84 Å². The first-order valence-electron chi connectivity index (χ1n) is 6.19. The molecule has 0 saturated heterocycles. The monoisotopic (exact) mass is 276 g/mol. The van der Waals surface area contributed by atoms with E-state index in [0.717, 1.165) is 5.56 Å². The number of aliphatic hydroxyl groups is 1. The molecule has 19 heavy (non-hydrogen) atoms. The molecule has 0 aliphatic carbocycles. The minimum Gasteiger partial charge on any atom is -0.383 e. The SMILES string of the molecule is CC(C)[C@H](COCc1ccccc1)[C@@H](O)C(F)(F)F. The fourth-order valence-electron chi connectivity index (χ4n) is 1.78. The predicted molar refractivity (Wildman–Crippen MR) is 66.5 cm³/mol. The predicted octanol–water partition coefficient (Wildman–Crippen LogP) is 3.40. The third kappa shape index (κ3) is 5.20. The van der Waals surface area contributed by atoms with Gasteiger partial charge in [0.25, 0.3) is 0 Å². The molecule has 1 rings (SSSR count). The van der Waals surface area contributed by atoms with E-state index < -0.39 is 18.2 Å². The summed E-state index contributed by atoms with van der Waals surface area (Å²) in [5, 5.41) is 9.31. The molecule has 0 aromatic heterocycles. The summed E-state index contributed by atoms with van der Waals surface area (Å²) in [5.74, 6) is -1.27. The third-order valence-corrected chi connectivity index (χ3v) is 3.02. The van der Waals surface area contributed by atoms with E-state index in [4.69, 9.17) is 4.74 Å². The van der Waals surface area contributed by atoms with E-state index in [2.05, 4.69) is 0 Å². The second kappa shape index (κ2) is 6.91. The molecule has 0 radical (unpaired) electrons. The highest BCUT2D eigenvalue weighted by Gasteiger charge is 2.44. The molecule has 0 aliphatic heterocycles. The van der Waals surface area contributed by atoms with Crippen molar-refractivity contribution in [1.29, 1.82) is 0 Å². The lowest BCUT2D eigenvalue weighted by molar-refractivity contribution is -0.229. The highest BCUT2D eigenvalue weighted by Crippen LogP contribution is 2.30. The molecule has 5 heteroatoms. The number of halogens is 3. The summed E-state index contributed by atoms with van der Waals surface area (Å²) in [6.45, 7) is 3.42. The van der Waals surface area contributed by atoms with Crippen LogP contribution in [-0.4, -0.2) is 24.0 Å². The molecular formula is C14H19F3O2. The smallest absolute Gasteiger partial charge is 0.383 e. The number of hydrogen-bond donors (Lipinski definition) is 1. The molecule has 2 nitrogen and oxygen atoms in total. The van der Waals surface area contributed by atoms with Crippen molar-refractivity contribution in [2.75, 3.05) is 6.61 Å². The Balaban J connectivity index is 2.51. The van der Waals surface area contributed by atoms with E-state index in [0.29, 0.717) is 0 Å². The van der Waals surface area contributed by atoms with Gasteiger partial charge in [-0.05, 0) is 11.5 Å². The molecule has 108 valence electrons. The molecule has 0 fully saturated rings. The first-order chi connectivity index (χ1) is 8.82. The van der Waals surface area contributed by atoms with Crippen LogP contribution in [0, 0.1) is 11.8 Å². The van der Waals surface area contributed by atoms with Crippen LogP contribution in [0.5, 0.6) is 0 Å². The van der Waals surface area contributed by atoms with Crippen molar-refractivity contribution in [2.24, 2.45) is 11.8 Å². The van der Waals surface area contributed by atoms with Crippen LogP contribution >= 0.6 is 0 Å². The van der Waals surface area contributed by atoms with E-state index in [-0.39, 0.29) is 19.1 Å². The van der Waals surface area contributed by atoms with Crippen molar-refractivity contribution >= 4 is 0 Å². The summed E-state index contributed by atoms with van der Waals surface area (Å²) < 4.78 is 42.8. The Morgan fingerprint density at radius 1 is 1.16 bits per heavy atom. The topological polar surface area (TPSA) is 29.5 Å². The Labute approximate surface area is 111 Å². The van der Waals surface area contributed by atoms with Crippen molar-refractivity contribution in [3.05, 3.63) is 35.9 Å². The molecule has 1 N–H and O–H groups in total. The van der Waals surface area contributed by atoms with Gasteiger partial charge in [0.2, 0.25) is 0 Å². The Kier molecular flexibility index (Phi) is 5.82. The van der Waals surface area contributed by atoms with Crippen LogP contribution in [0.15, 0.2) is 30.3 Å². The minimum atomic E-state index is -4.61. The van der Waals surface area contributed by atoms with E-state index in [9.17, 15) is 18.3 Å². The zero-order chi connectivity index (χ0) is 14.5. The molecule has 0 unspecified atom stereocenters. The van der Waals surface area contributed by atoms with Gasteiger partial charge in [-0.2, -0.15) is 13.2 Å². The summed E-state index contributed by atoms with van der Waals surface area (Å²) in [4.78, 5) is 0. The second-order valence-corrected chi connectivity index (χ2v) is 4.90. The van der Waals surface area contributed by atoms with Gasteiger partial charge in [-0.1, -0.05) is 44.2 Å².